The van der Waals surface area contributed by atoms with E-state index in [1.54, 1.807) is 0 Å². The van der Waals surface area contributed by atoms with Crippen LogP contribution in [0.1, 0.15) is 39.5 Å². The van der Waals surface area contributed by atoms with Gasteiger partial charge in [-0.05, 0) is 44.8 Å². The molecule has 16 heavy (non-hydrogen) atoms. The van der Waals surface area contributed by atoms with Crippen LogP contribution in [0.3, 0.4) is 0 Å². The van der Waals surface area contributed by atoms with Crippen molar-refractivity contribution in [1.82, 2.24) is 10.2 Å². The maximum atomic E-state index is 8.66. The highest BCUT2D eigenvalue weighted by Crippen LogP contribution is 2.10. The zero-order valence-electron chi connectivity index (χ0n) is 10.7. The van der Waals surface area contributed by atoms with Gasteiger partial charge in [-0.3, -0.25) is 0 Å². The third-order valence-corrected chi connectivity index (χ3v) is 3.35. The Labute approximate surface area is 99.8 Å². The van der Waals surface area contributed by atoms with Gasteiger partial charge in [0.15, 0.2) is 0 Å². The Kier molecular flexibility index (Phi) is 6.44. The second-order valence-electron chi connectivity index (χ2n) is 4.99. The van der Waals surface area contributed by atoms with Crippen LogP contribution in [-0.2, 0) is 0 Å². The molecule has 1 saturated heterocycles. The first kappa shape index (κ1) is 13.5. The first-order valence-corrected chi connectivity index (χ1v) is 6.59. The number of nitrogens with one attached hydrogen (secondary N) is 1. The van der Waals surface area contributed by atoms with Crippen molar-refractivity contribution in [2.24, 2.45) is 5.92 Å². The van der Waals surface area contributed by atoms with Gasteiger partial charge in [0.05, 0.1) is 12.5 Å². The van der Waals surface area contributed by atoms with Crippen LogP contribution in [0, 0.1) is 17.2 Å². The standard InChI is InChI=1S/C13H25N3/c1-3-13(6-7-14)15-10-12(2)11-16-8-4-5-9-16/h12-13,15H,3-6,8-11H2,1-2H3. The highest BCUT2D eigenvalue weighted by atomic mass is 15.1. The van der Waals surface area contributed by atoms with Gasteiger partial charge in [-0.2, -0.15) is 5.26 Å². The number of nitriles is 1. The molecule has 0 bridgehead atoms. The van der Waals surface area contributed by atoms with Crippen molar-refractivity contribution in [3.63, 3.8) is 0 Å². The minimum atomic E-state index is 0.381. The van der Waals surface area contributed by atoms with E-state index in [4.69, 9.17) is 5.26 Å². The average Bonchev–Trinajstić information content (AvgIpc) is 2.76. The van der Waals surface area contributed by atoms with Crippen LogP contribution in [0.4, 0.5) is 0 Å². The quantitative estimate of drug-likeness (QED) is 0.717. The Balaban J connectivity index is 2.13. The van der Waals surface area contributed by atoms with E-state index in [1.165, 1.54) is 32.5 Å². The van der Waals surface area contributed by atoms with E-state index >= 15 is 0 Å². The van der Waals surface area contributed by atoms with E-state index in [-0.39, 0.29) is 0 Å². The predicted octanol–water partition coefficient (Wildman–Crippen LogP) is 2.00. The van der Waals surface area contributed by atoms with Gasteiger partial charge in [-0.1, -0.05) is 13.8 Å². The molecule has 0 amide bonds. The van der Waals surface area contributed by atoms with E-state index < -0.39 is 0 Å². The summed E-state index contributed by atoms with van der Waals surface area (Å²) in [4.78, 5) is 2.55. The number of nitrogens with zero attached hydrogens (tertiary/aromatic N) is 2. The smallest absolute Gasteiger partial charge is 0.0638 e. The predicted molar refractivity (Wildman–Crippen MR) is 67.1 cm³/mol. The van der Waals surface area contributed by atoms with Crippen LogP contribution in [0.2, 0.25) is 0 Å². The average molecular weight is 223 g/mol. The van der Waals surface area contributed by atoms with Crippen molar-refractivity contribution in [3.8, 4) is 6.07 Å². The summed E-state index contributed by atoms with van der Waals surface area (Å²) in [6.07, 6.45) is 4.41. The van der Waals surface area contributed by atoms with Crippen molar-refractivity contribution >= 4 is 0 Å². The summed E-state index contributed by atoms with van der Waals surface area (Å²) in [7, 11) is 0. The Hall–Kier alpha value is -0.590. The van der Waals surface area contributed by atoms with Gasteiger partial charge in [0.1, 0.15) is 0 Å². The molecule has 3 nitrogen and oxygen atoms in total. The van der Waals surface area contributed by atoms with E-state index in [0.717, 1.165) is 13.0 Å². The molecular weight excluding hydrogens is 198 g/mol. The lowest BCUT2D eigenvalue weighted by Gasteiger charge is -2.22. The SMILES string of the molecule is CCC(CC#N)NCC(C)CN1CCCC1. The van der Waals surface area contributed by atoms with Gasteiger partial charge in [0.2, 0.25) is 0 Å². The van der Waals surface area contributed by atoms with Crippen LogP contribution in [-0.4, -0.2) is 37.1 Å². The monoisotopic (exact) mass is 223 g/mol. The summed E-state index contributed by atoms with van der Waals surface area (Å²) in [5, 5.41) is 12.2. The zero-order chi connectivity index (χ0) is 11.8. The van der Waals surface area contributed by atoms with Crippen LogP contribution in [0.25, 0.3) is 0 Å². The van der Waals surface area contributed by atoms with Gasteiger partial charge in [-0.15, -0.1) is 0 Å². The second kappa shape index (κ2) is 7.65. The molecule has 0 radical (unpaired) electrons. The molecule has 0 aliphatic carbocycles. The number of rotatable bonds is 7. The number of hydrogen-bond acceptors (Lipinski definition) is 3. The van der Waals surface area contributed by atoms with Crippen LogP contribution in [0.15, 0.2) is 0 Å². The van der Waals surface area contributed by atoms with Gasteiger partial charge < -0.3 is 10.2 Å². The van der Waals surface area contributed by atoms with Crippen molar-refractivity contribution in [1.29, 1.82) is 5.26 Å². The number of hydrogen-bond donors (Lipinski definition) is 1. The van der Waals surface area contributed by atoms with Crippen LogP contribution < -0.4 is 5.32 Å². The lowest BCUT2D eigenvalue weighted by molar-refractivity contribution is 0.277. The van der Waals surface area contributed by atoms with E-state index in [1.807, 2.05) is 0 Å². The van der Waals surface area contributed by atoms with E-state index in [2.05, 4.69) is 30.1 Å². The molecule has 2 atom stereocenters. The molecule has 3 heteroatoms. The Morgan fingerprint density at radius 1 is 1.38 bits per heavy atom. The zero-order valence-corrected chi connectivity index (χ0v) is 10.7. The van der Waals surface area contributed by atoms with Crippen molar-refractivity contribution in [3.05, 3.63) is 0 Å². The molecule has 1 N–H and O–H groups in total. The fraction of sp³-hybridized carbons (Fsp3) is 0.923. The largest absolute Gasteiger partial charge is 0.313 e. The fourth-order valence-corrected chi connectivity index (χ4v) is 2.31. The van der Waals surface area contributed by atoms with Gasteiger partial charge in [0, 0.05) is 12.6 Å². The molecule has 0 aromatic heterocycles. The molecule has 1 fully saturated rings. The Morgan fingerprint density at radius 2 is 2.06 bits per heavy atom. The molecule has 1 aliphatic rings. The van der Waals surface area contributed by atoms with Crippen molar-refractivity contribution < 1.29 is 0 Å². The Morgan fingerprint density at radius 3 is 2.62 bits per heavy atom. The van der Waals surface area contributed by atoms with Gasteiger partial charge >= 0.3 is 0 Å². The summed E-state index contributed by atoms with van der Waals surface area (Å²) in [6.45, 7) is 9.23. The third-order valence-electron chi connectivity index (χ3n) is 3.35. The first-order chi connectivity index (χ1) is 7.76. The van der Waals surface area contributed by atoms with Crippen LogP contribution >= 0.6 is 0 Å². The normalized spacial score (nSPS) is 20.6. The summed E-state index contributed by atoms with van der Waals surface area (Å²) in [5.41, 5.74) is 0. The molecule has 0 aromatic carbocycles. The molecule has 0 aromatic rings. The highest BCUT2D eigenvalue weighted by Gasteiger charge is 2.15. The first-order valence-electron chi connectivity index (χ1n) is 6.59. The summed E-state index contributed by atoms with van der Waals surface area (Å²) >= 11 is 0. The second-order valence-corrected chi connectivity index (χ2v) is 4.99. The summed E-state index contributed by atoms with van der Waals surface area (Å²) in [5.74, 6) is 0.686. The van der Waals surface area contributed by atoms with Crippen molar-refractivity contribution in [2.45, 2.75) is 45.6 Å². The lowest BCUT2D eigenvalue weighted by Crippen LogP contribution is -2.36. The maximum Gasteiger partial charge on any atom is 0.0638 e. The third kappa shape index (κ3) is 4.96. The molecule has 1 heterocycles. The molecule has 1 aliphatic heterocycles. The molecule has 1 rings (SSSR count). The number of likely N-dealkylation sites (tertiary alicyclic amines) is 1. The minimum absolute atomic E-state index is 0.381. The summed E-state index contributed by atoms with van der Waals surface area (Å²) < 4.78 is 0. The van der Waals surface area contributed by atoms with E-state index in [9.17, 15) is 0 Å². The molecular formula is C13H25N3. The highest BCUT2D eigenvalue weighted by molar-refractivity contribution is 4.80. The fourth-order valence-electron chi connectivity index (χ4n) is 2.31. The minimum Gasteiger partial charge on any atom is -0.313 e. The topological polar surface area (TPSA) is 39.1 Å². The van der Waals surface area contributed by atoms with Crippen LogP contribution in [0.5, 0.6) is 0 Å². The van der Waals surface area contributed by atoms with Crippen molar-refractivity contribution in [2.75, 3.05) is 26.2 Å². The summed E-state index contributed by atoms with van der Waals surface area (Å²) in [6, 6.07) is 2.62. The lowest BCUT2D eigenvalue weighted by atomic mass is 10.1. The molecule has 92 valence electrons. The van der Waals surface area contributed by atoms with Gasteiger partial charge in [-0.25, -0.2) is 0 Å². The molecule has 2 unspecified atom stereocenters. The molecule has 0 spiro atoms. The molecule has 0 saturated carbocycles. The van der Waals surface area contributed by atoms with Gasteiger partial charge in [0.25, 0.3) is 0 Å². The Bertz CT molecular complexity index is 216. The maximum absolute atomic E-state index is 8.66. The van der Waals surface area contributed by atoms with E-state index in [0.29, 0.717) is 18.4 Å².